The Morgan fingerprint density at radius 3 is 2.21 bits per heavy atom. The second kappa shape index (κ2) is 4.67. The second-order valence-electron chi connectivity index (χ2n) is 3.97. The van der Waals surface area contributed by atoms with Crippen molar-refractivity contribution in [2.24, 2.45) is 0 Å². The third-order valence-corrected chi connectivity index (χ3v) is 1.78. The molecular formula is C11H15ClO2. The van der Waals surface area contributed by atoms with Crippen LogP contribution in [0.15, 0.2) is 24.3 Å². The van der Waals surface area contributed by atoms with Crippen molar-refractivity contribution in [3.63, 3.8) is 0 Å². The number of hydrogen-bond acceptors (Lipinski definition) is 2. The van der Waals surface area contributed by atoms with Crippen molar-refractivity contribution in [2.45, 2.75) is 26.4 Å². The summed E-state index contributed by atoms with van der Waals surface area (Å²) >= 11 is 5.73. The van der Waals surface area contributed by atoms with Crippen LogP contribution in [-0.2, 0) is 4.74 Å². The number of halogens is 1. The van der Waals surface area contributed by atoms with E-state index in [1.165, 1.54) is 0 Å². The summed E-state index contributed by atoms with van der Waals surface area (Å²) in [5.41, 5.74) is -0.174. The molecule has 0 aromatic heterocycles. The van der Waals surface area contributed by atoms with Crippen LogP contribution >= 0.6 is 11.6 Å². The molecule has 1 aromatic rings. The summed E-state index contributed by atoms with van der Waals surface area (Å²) in [6, 6.07) is 7.20. The van der Waals surface area contributed by atoms with Crippen molar-refractivity contribution >= 4 is 11.6 Å². The summed E-state index contributed by atoms with van der Waals surface area (Å²) in [6.07, 6.45) is 0. The fourth-order valence-electron chi connectivity index (χ4n) is 0.805. The predicted octanol–water partition coefficient (Wildman–Crippen LogP) is 3.49. The van der Waals surface area contributed by atoms with Gasteiger partial charge in [0.25, 0.3) is 0 Å². The van der Waals surface area contributed by atoms with Gasteiger partial charge in [0.15, 0.2) is 6.79 Å². The van der Waals surface area contributed by atoms with E-state index in [9.17, 15) is 0 Å². The van der Waals surface area contributed by atoms with Crippen LogP contribution in [0.3, 0.4) is 0 Å². The third kappa shape index (κ3) is 4.49. The van der Waals surface area contributed by atoms with Crippen LogP contribution < -0.4 is 4.74 Å². The standard InChI is InChI=1S/C11H15ClO2/c1-11(2,3)14-8-13-10-6-4-9(12)5-7-10/h4-7H,8H2,1-3H3. The highest BCUT2D eigenvalue weighted by Gasteiger charge is 2.09. The van der Waals surface area contributed by atoms with Gasteiger partial charge in [0.2, 0.25) is 0 Å². The van der Waals surface area contributed by atoms with Gasteiger partial charge >= 0.3 is 0 Å². The minimum Gasteiger partial charge on any atom is -0.468 e. The van der Waals surface area contributed by atoms with E-state index in [-0.39, 0.29) is 12.4 Å². The predicted molar refractivity (Wildman–Crippen MR) is 57.8 cm³/mol. The summed E-state index contributed by atoms with van der Waals surface area (Å²) in [4.78, 5) is 0. The van der Waals surface area contributed by atoms with Crippen molar-refractivity contribution in [1.29, 1.82) is 0 Å². The molecule has 1 rings (SSSR count). The van der Waals surface area contributed by atoms with Gasteiger partial charge in [-0.1, -0.05) is 11.6 Å². The van der Waals surface area contributed by atoms with Gasteiger partial charge in [-0.3, -0.25) is 0 Å². The Morgan fingerprint density at radius 2 is 1.71 bits per heavy atom. The summed E-state index contributed by atoms with van der Waals surface area (Å²) in [7, 11) is 0. The van der Waals surface area contributed by atoms with Crippen molar-refractivity contribution < 1.29 is 9.47 Å². The van der Waals surface area contributed by atoms with Gasteiger partial charge in [-0.25, -0.2) is 0 Å². The lowest BCUT2D eigenvalue weighted by Gasteiger charge is -2.19. The first-order valence-electron chi connectivity index (χ1n) is 4.50. The lowest BCUT2D eigenvalue weighted by atomic mass is 10.2. The SMILES string of the molecule is CC(C)(C)OCOc1ccc(Cl)cc1. The van der Waals surface area contributed by atoms with Gasteiger partial charge in [-0.2, -0.15) is 0 Å². The van der Waals surface area contributed by atoms with Crippen LogP contribution in [0.4, 0.5) is 0 Å². The minimum atomic E-state index is -0.174. The largest absolute Gasteiger partial charge is 0.468 e. The molecule has 0 spiro atoms. The van der Waals surface area contributed by atoms with Crippen molar-refractivity contribution in [1.82, 2.24) is 0 Å². The van der Waals surface area contributed by atoms with E-state index in [4.69, 9.17) is 21.1 Å². The average Bonchev–Trinajstić information content (AvgIpc) is 2.06. The first-order valence-corrected chi connectivity index (χ1v) is 4.87. The van der Waals surface area contributed by atoms with Gasteiger partial charge in [-0.05, 0) is 45.0 Å². The number of ether oxygens (including phenoxy) is 2. The Balaban J connectivity index is 2.35. The van der Waals surface area contributed by atoms with E-state index >= 15 is 0 Å². The molecule has 0 aliphatic heterocycles. The monoisotopic (exact) mass is 214 g/mol. The Bertz CT molecular complexity index is 274. The zero-order chi connectivity index (χ0) is 10.6. The highest BCUT2D eigenvalue weighted by Crippen LogP contribution is 2.16. The fraction of sp³-hybridized carbons (Fsp3) is 0.455. The van der Waals surface area contributed by atoms with Gasteiger partial charge in [0.05, 0.1) is 5.60 Å². The van der Waals surface area contributed by atoms with Crippen LogP contribution in [0.25, 0.3) is 0 Å². The molecule has 2 nitrogen and oxygen atoms in total. The Labute approximate surface area is 89.8 Å². The summed E-state index contributed by atoms with van der Waals surface area (Å²) in [6.45, 7) is 6.21. The lowest BCUT2D eigenvalue weighted by molar-refractivity contribution is -0.0758. The van der Waals surface area contributed by atoms with E-state index < -0.39 is 0 Å². The quantitative estimate of drug-likeness (QED) is 0.718. The summed E-state index contributed by atoms with van der Waals surface area (Å²) in [5.74, 6) is 0.763. The molecule has 0 heterocycles. The zero-order valence-corrected chi connectivity index (χ0v) is 9.47. The van der Waals surface area contributed by atoms with E-state index in [0.717, 1.165) is 5.75 Å². The maximum absolute atomic E-state index is 5.73. The molecule has 78 valence electrons. The number of benzene rings is 1. The molecule has 0 amide bonds. The van der Waals surface area contributed by atoms with Crippen LogP contribution in [0.5, 0.6) is 5.75 Å². The topological polar surface area (TPSA) is 18.5 Å². The molecule has 0 aliphatic carbocycles. The van der Waals surface area contributed by atoms with Crippen LogP contribution in [0.2, 0.25) is 5.02 Å². The maximum Gasteiger partial charge on any atom is 0.189 e. The van der Waals surface area contributed by atoms with E-state index in [1.54, 1.807) is 12.1 Å². The van der Waals surface area contributed by atoms with Crippen molar-refractivity contribution in [3.8, 4) is 5.75 Å². The summed E-state index contributed by atoms with van der Waals surface area (Å²) < 4.78 is 10.8. The molecule has 1 aromatic carbocycles. The average molecular weight is 215 g/mol. The van der Waals surface area contributed by atoms with Gasteiger partial charge in [0.1, 0.15) is 5.75 Å². The molecule has 0 atom stereocenters. The number of hydrogen-bond donors (Lipinski definition) is 0. The molecule has 3 heteroatoms. The molecule has 14 heavy (non-hydrogen) atoms. The van der Waals surface area contributed by atoms with Crippen molar-refractivity contribution in [3.05, 3.63) is 29.3 Å². The number of rotatable bonds is 3. The fourth-order valence-corrected chi connectivity index (χ4v) is 0.931. The highest BCUT2D eigenvalue weighted by molar-refractivity contribution is 6.30. The molecule has 0 fully saturated rings. The zero-order valence-electron chi connectivity index (χ0n) is 8.71. The molecule has 0 radical (unpaired) electrons. The molecule has 0 aliphatic rings. The molecule has 0 N–H and O–H groups in total. The Hall–Kier alpha value is -0.730. The van der Waals surface area contributed by atoms with Gasteiger partial charge in [-0.15, -0.1) is 0 Å². The van der Waals surface area contributed by atoms with Crippen LogP contribution in [-0.4, -0.2) is 12.4 Å². The van der Waals surface area contributed by atoms with Gasteiger partial charge in [0, 0.05) is 5.02 Å². The van der Waals surface area contributed by atoms with E-state index in [2.05, 4.69) is 0 Å². The first-order chi connectivity index (χ1) is 6.47. The summed E-state index contributed by atoms with van der Waals surface area (Å²) in [5, 5.41) is 0.703. The molecule has 0 saturated heterocycles. The molecule has 0 bridgehead atoms. The van der Waals surface area contributed by atoms with E-state index in [0.29, 0.717) is 5.02 Å². The normalized spacial score (nSPS) is 11.4. The molecule has 0 unspecified atom stereocenters. The minimum absolute atomic E-state index is 0.174. The van der Waals surface area contributed by atoms with E-state index in [1.807, 2.05) is 32.9 Å². The molecular weight excluding hydrogens is 200 g/mol. The highest BCUT2D eigenvalue weighted by atomic mass is 35.5. The Kier molecular flexibility index (Phi) is 3.78. The lowest BCUT2D eigenvalue weighted by Crippen LogP contribution is -2.22. The third-order valence-electron chi connectivity index (χ3n) is 1.53. The first kappa shape index (κ1) is 11.3. The van der Waals surface area contributed by atoms with Crippen LogP contribution in [0.1, 0.15) is 20.8 Å². The van der Waals surface area contributed by atoms with Gasteiger partial charge < -0.3 is 9.47 Å². The van der Waals surface area contributed by atoms with Crippen molar-refractivity contribution in [2.75, 3.05) is 6.79 Å². The van der Waals surface area contributed by atoms with Crippen LogP contribution in [0, 0.1) is 0 Å². The second-order valence-corrected chi connectivity index (χ2v) is 4.41. The maximum atomic E-state index is 5.73. The molecule has 0 saturated carbocycles. The Morgan fingerprint density at radius 1 is 1.14 bits per heavy atom. The smallest absolute Gasteiger partial charge is 0.189 e.